The third-order valence-electron chi connectivity index (χ3n) is 3.89. The molecule has 0 atom stereocenters. The average molecular weight is 344 g/mol. The Balaban J connectivity index is 1.82. The first-order valence-corrected chi connectivity index (χ1v) is 7.93. The van der Waals surface area contributed by atoms with Crippen molar-refractivity contribution < 1.29 is 4.79 Å². The van der Waals surface area contributed by atoms with Crippen molar-refractivity contribution in [2.24, 2.45) is 0 Å². The van der Waals surface area contributed by atoms with Crippen molar-refractivity contribution >= 4 is 23.2 Å². The number of carbonyl (C=O) groups excluding carboxylic acids is 1. The van der Waals surface area contributed by atoms with E-state index in [2.05, 4.69) is 51.8 Å². The Labute approximate surface area is 144 Å². The van der Waals surface area contributed by atoms with E-state index in [9.17, 15) is 4.79 Å². The van der Waals surface area contributed by atoms with Crippen LogP contribution in [0.25, 0.3) is 0 Å². The van der Waals surface area contributed by atoms with Gasteiger partial charge in [-0.1, -0.05) is 41.4 Å². The van der Waals surface area contributed by atoms with Crippen molar-refractivity contribution in [2.75, 3.05) is 5.32 Å². The first-order chi connectivity index (χ1) is 11.5. The highest BCUT2D eigenvalue weighted by Gasteiger charge is 2.18. The van der Waals surface area contributed by atoms with Crippen LogP contribution in [-0.4, -0.2) is 25.9 Å². The number of carbonyl (C=O) groups is 1. The van der Waals surface area contributed by atoms with Gasteiger partial charge in [0.05, 0.1) is 34.8 Å². The lowest BCUT2D eigenvalue weighted by atomic mass is 10.1. The maximum atomic E-state index is 12.3. The van der Waals surface area contributed by atoms with Crippen molar-refractivity contribution in [1.29, 1.82) is 0 Å². The summed E-state index contributed by atoms with van der Waals surface area (Å²) in [4.78, 5) is 12.3. The van der Waals surface area contributed by atoms with E-state index < -0.39 is 0 Å². The molecule has 7 heteroatoms. The molecular formula is C17H18ClN5O. The Morgan fingerprint density at radius 2 is 1.96 bits per heavy atom. The monoisotopic (exact) mass is 343 g/mol. The summed E-state index contributed by atoms with van der Waals surface area (Å²) >= 11 is 5.93. The number of H-pyrrole nitrogens is 1. The number of nitrogens with zero attached hydrogens (tertiary/aromatic N) is 3. The number of hydrogen-bond donors (Lipinski definition) is 2. The summed E-state index contributed by atoms with van der Waals surface area (Å²) < 4.78 is 1.88. The highest BCUT2D eigenvalue weighted by atomic mass is 35.5. The predicted molar refractivity (Wildman–Crippen MR) is 93.5 cm³/mol. The summed E-state index contributed by atoms with van der Waals surface area (Å²) in [6.45, 7) is 6.50. The molecule has 0 bridgehead atoms. The lowest BCUT2D eigenvalue weighted by Gasteiger charge is -2.07. The van der Waals surface area contributed by atoms with E-state index >= 15 is 0 Å². The van der Waals surface area contributed by atoms with Crippen LogP contribution in [0.15, 0.2) is 30.5 Å². The zero-order valence-corrected chi connectivity index (χ0v) is 14.5. The van der Waals surface area contributed by atoms with Gasteiger partial charge < -0.3 is 5.32 Å². The number of benzene rings is 1. The summed E-state index contributed by atoms with van der Waals surface area (Å²) in [6.07, 6.45) is 1.40. The third-order valence-corrected chi connectivity index (χ3v) is 4.18. The fourth-order valence-electron chi connectivity index (χ4n) is 2.50. The molecule has 0 radical (unpaired) electrons. The molecule has 24 heavy (non-hydrogen) atoms. The number of nitrogens with one attached hydrogen (secondary N) is 2. The third kappa shape index (κ3) is 3.19. The van der Waals surface area contributed by atoms with Gasteiger partial charge in [0.1, 0.15) is 5.69 Å². The standard InChI is InChI=1S/C17H18ClN5O/c1-10-4-6-13(7-5-10)9-23-12(3)15(11(2)22-23)20-17(24)16-14(18)8-19-21-16/h4-8H,9H2,1-3H3,(H,19,21)(H,20,24). The van der Waals surface area contributed by atoms with Gasteiger partial charge in [-0.25, -0.2) is 0 Å². The topological polar surface area (TPSA) is 75.6 Å². The van der Waals surface area contributed by atoms with Crippen LogP contribution in [0.3, 0.4) is 0 Å². The van der Waals surface area contributed by atoms with Gasteiger partial charge in [0.25, 0.3) is 5.91 Å². The number of aromatic nitrogens is 4. The normalized spacial score (nSPS) is 10.8. The maximum Gasteiger partial charge on any atom is 0.275 e. The van der Waals surface area contributed by atoms with Gasteiger partial charge in [-0.3, -0.25) is 14.6 Å². The van der Waals surface area contributed by atoms with Crippen molar-refractivity contribution in [3.8, 4) is 0 Å². The maximum absolute atomic E-state index is 12.3. The Kier molecular flexibility index (Phi) is 4.40. The fourth-order valence-corrected chi connectivity index (χ4v) is 2.68. The molecule has 0 spiro atoms. The molecule has 0 saturated heterocycles. The van der Waals surface area contributed by atoms with Gasteiger partial charge in [0.15, 0.2) is 0 Å². The molecule has 124 valence electrons. The number of aromatic amines is 1. The van der Waals surface area contributed by atoms with E-state index in [1.54, 1.807) is 0 Å². The average Bonchev–Trinajstić information content (AvgIpc) is 3.08. The molecule has 6 nitrogen and oxygen atoms in total. The Bertz CT molecular complexity index is 879. The summed E-state index contributed by atoms with van der Waals surface area (Å²) in [7, 11) is 0. The van der Waals surface area contributed by atoms with Crippen LogP contribution in [-0.2, 0) is 6.54 Å². The van der Waals surface area contributed by atoms with Gasteiger partial charge in [-0.2, -0.15) is 10.2 Å². The van der Waals surface area contributed by atoms with Crippen LogP contribution in [0.2, 0.25) is 5.02 Å². The molecule has 0 aliphatic carbocycles. The molecule has 0 unspecified atom stereocenters. The number of anilines is 1. The van der Waals surface area contributed by atoms with E-state index in [-0.39, 0.29) is 16.6 Å². The Hall–Kier alpha value is -2.60. The van der Waals surface area contributed by atoms with Crippen LogP contribution in [0, 0.1) is 20.8 Å². The van der Waals surface area contributed by atoms with E-state index in [1.807, 2.05) is 18.5 Å². The Morgan fingerprint density at radius 3 is 2.58 bits per heavy atom. The van der Waals surface area contributed by atoms with E-state index in [0.717, 1.165) is 17.0 Å². The Morgan fingerprint density at radius 1 is 1.25 bits per heavy atom. The molecule has 3 aromatic rings. The van der Waals surface area contributed by atoms with Crippen LogP contribution in [0.1, 0.15) is 33.0 Å². The van der Waals surface area contributed by atoms with E-state index in [0.29, 0.717) is 12.2 Å². The van der Waals surface area contributed by atoms with Crippen molar-refractivity contribution in [3.63, 3.8) is 0 Å². The van der Waals surface area contributed by atoms with Gasteiger partial charge in [0, 0.05) is 0 Å². The van der Waals surface area contributed by atoms with Crippen LogP contribution in [0.5, 0.6) is 0 Å². The first kappa shape index (κ1) is 16.3. The molecule has 2 N–H and O–H groups in total. The molecule has 3 rings (SSSR count). The number of amides is 1. The van der Waals surface area contributed by atoms with Crippen LogP contribution >= 0.6 is 11.6 Å². The van der Waals surface area contributed by atoms with Gasteiger partial charge in [0.2, 0.25) is 0 Å². The molecule has 0 aliphatic heterocycles. The van der Waals surface area contributed by atoms with Gasteiger partial charge >= 0.3 is 0 Å². The molecular weight excluding hydrogens is 326 g/mol. The number of aryl methyl sites for hydroxylation is 2. The molecule has 1 aromatic carbocycles. The number of halogens is 1. The highest BCUT2D eigenvalue weighted by molar-refractivity contribution is 6.34. The highest BCUT2D eigenvalue weighted by Crippen LogP contribution is 2.22. The fraction of sp³-hybridized carbons (Fsp3) is 0.235. The lowest BCUT2D eigenvalue weighted by molar-refractivity contribution is 0.102. The van der Waals surface area contributed by atoms with Gasteiger partial charge in [-0.15, -0.1) is 0 Å². The summed E-state index contributed by atoms with van der Waals surface area (Å²) in [6, 6.07) is 8.30. The molecule has 0 saturated carbocycles. The zero-order chi connectivity index (χ0) is 17.3. The first-order valence-electron chi connectivity index (χ1n) is 7.55. The van der Waals surface area contributed by atoms with Gasteiger partial charge in [-0.05, 0) is 26.3 Å². The molecule has 0 fully saturated rings. The minimum Gasteiger partial charge on any atom is -0.317 e. The van der Waals surface area contributed by atoms with Crippen molar-refractivity contribution in [3.05, 3.63) is 63.7 Å². The van der Waals surface area contributed by atoms with E-state index in [1.165, 1.54) is 11.8 Å². The number of rotatable bonds is 4. The molecule has 0 aliphatic rings. The van der Waals surface area contributed by atoms with Crippen LogP contribution in [0.4, 0.5) is 5.69 Å². The van der Waals surface area contributed by atoms with Crippen molar-refractivity contribution in [2.45, 2.75) is 27.3 Å². The second-order valence-corrected chi connectivity index (χ2v) is 6.14. The van der Waals surface area contributed by atoms with Crippen LogP contribution < -0.4 is 5.32 Å². The summed E-state index contributed by atoms with van der Waals surface area (Å²) in [5.41, 5.74) is 4.94. The molecule has 2 heterocycles. The lowest BCUT2D eigenvalue weighted by Crippen LogP contribution is -2.14. The SMILES string of the molecule is Cc1ccc(Cn2nc(C)c(NC(=O)c3[nH]ncc3Cl)c2C)cc1. The summed E-state index contributed by atoms with van der Waals surface area (Å²) in [5, 5.41) is 14.0. The summed E-state index contributed by atoms with van der Waals surface area (Å²) in [5.74, 6) is -0.335. The number of hydrogen-bond acceptors (Lipinski definition) is 3. The molecule has 2 aromatic heterocycles. The second kappa shape index (κ2) is 6.49. The minimum atomic E-state index is -0.335. The molecule has 1 amide bonds. The largest absolute Gasteiger partial charge is 0.317 e. The zero-order valence-electron chi connectivity index (χ0n) is 13.7. The quantitative estimate of drug-likeness (QED) is 0.761. The predicted octanol–water partition coefficient (Wildman–Crippen LogP) is 3.49. The van der Waals surface area contributed by atoms with E-state index in [4.69, 9.17) is 11.6 Å². The second-order valence-electron chi connectivity index (χ2n) is 5.74. The smallest absolute Gasteiger partial charge is 0.275 e. The van der Waals surface area contributed by atoms with Crippen molar-refractivity contribution in [1.82, 2.24) is 20.0 Å². The minimum absolute atomic E-state index is 0.238.